The first-order chi connectivity index (χ1) is 8.29. The molecule has 0 aromatic carbocycles. The van der Waals surface area contributed by atoms with E-state index in [1.165, 1.54) is 38.5 Å². The molecule has 2 nitrogen and oxygen atoms in total. The molecule has 1 saturated heterocycles. The predicted octanol–water partition coefficient (Wildman–Crippen LogP) is 3.26. The smallest absolute Gasteiger partial charge is 0.149 e. The van der Waals surface area contributed by atoms with Crippen LogP contribution in [-0.4, -0.2) is 30.3 Å². The van der Waals surface area contributed by atoms with Gasteiger partial charge in [-0.05, 0) is 44.7 Å². The van der Waals surface area contributed by atoms with Gasteiger partial charge in [-0.15, -0.1) is 0 Å². The maximum Gasteiger partial charge on any atom is 0.149 e. The van der Waals surface area contributed by atoms with Crippen molar-refractivity contribution in [1.29, 1.82) is 0 Å². The van der Waals surface area contributed by atoms with Crippen LogP contribution < -0.4 is 0 Å². The molecular weight excluding hydrogens is 210 g/mol. The third-order valence-corrected chi connectivity index (χ3v) is 4.72. The SMILES string of the molecule is CCC1CCN(CC(=O)C2CCCCC2)CC1. The summed E-state index contributed by atoms with van der Waals surface area (Å²) in [5, 5.41) is 0. The second-order valence-corrected chi connectivity index (χ2v) is 5.93. The maximum atomic E-state index is 12.2. The number of carbonyl (C=O) groups is 1. The Bertz CT molecular complexity index is 237. The summed E-state index contributed by atoms with van der Waals surface area (Å²) in [7, 11) is 0. The summed E-state index contributed by atoms with van der Waals surface area (Å²) < 4.78 is 0. The molecule has 0 N–H and O–H groups in total. The van der Waals surface area contributed by atoms with Crippen molar-refractivity contribution in [1.82, 2.24) is 4.90 Å². The Kier molecular flexibility index (Phi) is 5.02. The Balaban J connectivity index is 1.71. The molecule has 2 heteroatoms. The number of likely N-dealkylation sites (tertiary alicyclic amines) is 1. The quantitative estimate of drug-likeness (QED) is 0.748. The molecule has 98 valence electrons. The fourth-order valence-electron chi connectivity index (χ4n) is 3.33. The lowest BCUT2D eigenvalue weighted by Crippen LogP contribution is -2.39. The fourth-order valence-corrected chi connectivity index (χ4v) is 3.33. The zero-order valence-corrected chi connectivity index (χ0v) is 11.3. The van der Waals surface area contributed by atoms with Crippen molar-refractivity contribution in [3.8, 4) is 0 Å². The van der Waals surface area contributed by atoms with Crippen LogP contribution in [-0.2, 0) is 4.79 Å². The van der Waals surface area contributed by atoms with Crippen LogP contribution in [0.4, 0.5) is 0 Å². The van der Waals surface area contributed by atoms with E-state index < -0.39 is 0 Å². The van der Waals surface area contributed by atoms with Crippen LogP contribution in [0.3, 0.4) is 0 Å². The van der Waals surface area contributed by atoms with Gasteiger partial charge in [0, 0.05) is 5.92 Å². The van der Waals surface area contributed by atoms with Gasteiger partial charge in [-0.2, -0.15) is 0 Å². The van der Waals surface area contributed by atoms with Gasteiger partial charge in [0.25, 0.3) is 0 Å². The number of carbonyl (C=O) groups excluding carboxylic acids is 1. The number of rotatable bonds is 4. The number of hydrogen-bond acceptors (Lipinski definition) is 2. The molecule has 2 aliphatic rings. The van der Waals surface area contributed by atoms with E-state index in [1.807, 2.05) is 0 Å². The van der Waals surface area contributed by atoms with E-state index in [0.717, 1.165) is 38.4 Å². The summed E-state index contributed by atoms with van der Waals surface area (Å²) in [5.41, 5.74) is 0. The molecule has 1 aliphatic heterocycles. The highest BCUT2D eigenvalue weighted by Gasteiger charge is 2.25. The molecule has 1 heterocycles. The van der Waals surface area contributed by atoms with Crippen LogP contribution in [0.1, 0.15) is 58.3 Å². The summed E-state index contributed by atoms with van der Waals surface area (Å²) in [6, 6.07) is 0. The molecule has 1 saturated carbocycles. The summed E-state index contributed by atoms with van der Waals surface area (Å²) in [6.45, 7) is 5.32. The molecule has 1 aliphatic carbocycles. The first-order valence-corrected chi connectivity index (χ1v) is 7.54. The van der Waals surface area contributed by atoms with Crippen molar-refractivity contribution in [3.63, 3.8) is 0 Å². The van der Waals surface area contributed by atoms with Gasteiger partial charge < -0.3 is 0 Å². The molecule has 0 atom stereocenters. The van der Waals surface area contributed by atoms with E-state index in [0.29, 0.717) is 11.7 Å². The van der Waals surface area contributed by atoms with Crippen LogP contribution in [0, 0.1) is 11.8 Å². The molecule has 0 aromatic heterocycles. The lowest BCUT2D eigenvalue weighted by Gasteiger charge is -2.32. The predicted molar refractivity (Wildman–Crippen MR) is 71.0 cm³/mol. The van der Waals surface area contributed by atoms with Gasteiger partial charge in [0.15, 0.2) is 0 Å². The van der Waals surface area contributed by atoms with Crippen LogP contribution in [0.2, 0.25) is 0 Å². The monoisotopic (exact) mass is 237 g/mol. The standard InChI is InChI=1S/C15H27NO/c1-2-13-8-10-16(11-9-13)12-15(17)14-6-4-3-5-7-14/h13-14H,2-12H2,1H3. The molecule has 17 heavy (non-hydrogen) atoms. The second-order valence-electron chi connectivity index (χ2n) is 5.93. The van der Waals surface area contributed by atoms with Gasteiger partial charge in [-0.25, -0.2) is 0 Å². The molecule has 2 rings (SSSR count). The molecule has 0 unspecified atom stereocenters. The molecule has 0 spiro atoms. The van der Waals surface area contributed by atoms with E-state index in [2.05, 4.69) is 11.8 Å². The first kappa shape index (κ1) is 13.1. The molecular formula is C15H27NO. The summed E-state index contributed by atoms with van der Waals surface area (Å²) in [6.07, 6.45) is 10.1. The van der Waals surface area contributed by atoms with Crippen molar-refractivity contribution in [2.45, 2.75) is 58.3 Å². The van der Waals surface area contributed by atoms with Crippen LogP contribution in [0.5, 0.6) is 0 Å². The fraction of sp³-hybridized carbons (Fsp3) is 0.933. The van der Waals surface area contributed by atoms with Crippen molar-refractivity contribution < 1.29 is 4.79 Å². The number of Topliss-reactive ketones (excluding diaryl/α,β-unsaturated/α-hetero) is 1. The number of ketones is 1. The van der Waals surface area contributed by atoms with Crippen molar-refractivity contribution in [3.05, 3.63) is 0 Å². The Morgan fingerprint density at radius 2 is 1.71 bits per heavy atom. The maximum absolute atomic E-state index is 12.2. The zero-order valence-electron chi connectivity index (χ0n) is 11.3. The summed E-state index contributed by atoms with van der Waals surface area (Å²) in [4.78, 5) is 14.6. The van der Waals surface area contributed by atoms with Gasteiger partial charge in [0.1, 0.15) is 5.78 Å². The van der Waals surface area contributed by atoms with E-state index in [9.17, 15) is 4.79 Å². The Labute approximate surface area is 106 Å². The van der Waals surface area contributed by atoms with E-state index in [4.69, 9.17) is 0 Å². The topological polar surface area (TPSA) is 20.3 Å². The van der Waals surface area contributed by atoms with Crippen molar-refractivity contribution in [2.75, 3.05) is 19.6 Å². The summed E-state index contributed by atoms with van der Waals surface area (Å²) in [5.74, 6) is 1.84. The van der Waals surface area contributed by atoms with E-state index >= 15 is 0 Å². The van der Waals surface area contributed by atoms with Gasteiger partial charge >= 0.3 is 0 Å². The van der Waals surface area contributed by atoms with Crippen molar-refractivity contribution in [2.24, 2.45) is 11.8 Å². The number of hydrogen-bond donors (Lipinski definition) is 0. The van der Waals surface area contributed by atoms with E-state index in [1.54, 1.807) is 0 Å². The van der Waals surface area contributed by atoms with Gasteiger partial charge in [-0.1, -0.05) is 32.6 Å². The zero-order chi connectivity index (χ0) is 12.1. The van der Waals surface area contributed by atoms with Crippen LogP contribution in [0.25, 0.3) is 0 Å². The minimum atomic E-state index is 0.396. The average molecular weight is 237 g/mol. The third-order valence-electron chi connectivity index (χ3n) is 4.72. The second kappa shape index (κ2) is 6.53. The molecule has 0 radical (unpaired) electrons. The van der Waals surface area contributed by atoms with Gasteiger partial charge in [0.05, 0.1) is 6.54 Å². The highest BCUT2D eigenvalue weighted by molar-refractivity contribution is 5.83. The third kappa shape index (κ3) is 3.80. The molecule has 2 fully saturated rings. The van der Waals surface area contributed by atoms with Crippen LogP contribution >= 0.6 is 0 Å². The Morgan fingerprint density at radius 3 is 2.29 bits per heavy atom. The van der Waals surface area contributed by atoms with Crippen molar-refractivity contribution >= 4 is 5.78 Å². The molecule has 0 aromatic rings. The van der Waals surface area contributed by atoms with Gasteiger partial charge in [0.2, 0.25) is 0 Å². The largest absolute Gasteiger partial charge is 0.298 e. The van der Waals surface area contributed by atoms with E-state index in [-0.39, 0.29) is 0 Å². The lowest BCUT2D eigenvalue weighted by molar-refractivity contribution is -0.125. The average Bonchev–Trinajstić information content (AvgIpc) is 2.40. The Hall–Kier alpha value is -0.370. The Morgan fingerprint density at radius 1 is 1.06 bits per heavy atom. The lowest BCUT2D eigenvalue weighted by atomic mass is 9.85. The summed E-state index contributed by atoms with van der Waals surface area (Å²) >= 11 is 0. The number of nitrogens with zero attached hydrogens (tertiary/aromatic N) is 1. The normalized spacial score (nSPS) is 25.0. The molecule has 0 bridgehead atoms. The number of piperidine rings is 1. The molecule has 0 amide bonds. The van der Waals surface area contributed by atoms with Crippen LogP contribution in [0.15, 0.2) is 0 Å². The minimum absolute atomic E-state index is 0.396. The highest BCUT2D eigenvalue weighted by atomic mass is 16.1. The minimum Gasteiger partial charge on any atom is -0.298 e. The van der Waals surface area contributed by atoms with Gasteiger partial charge in [-0.3, -0.25) is 9.69 Å². The first-order valence-electron chi connectivity index (χ1n) is 7.54. The highest BCUT2D eigenvalue weighted by Crippen LogP contribution is 2.25.